The van der Waals surface area contributed by atoms with Crippen molar-refractivity contribution in [3.8, 4) is 0 Å². The van der Waals surface area contributed by atoms with Crippen LogP contribution in [0.4, 0.5) is 0 Å². The minimum atomic E-state index is 0.336. The van der Waals surface area contributed by atoms with Crippen LogP contribution in [-0.4, -0.2) is 30.1 Å². The van der Waals surface area contributed by atoms with E-state index in [2.05, 4.69) is 18.9 Å². The largest absolute Gasteiger partial charge is 0.329 e. The number of nitrogens with two attached hydrogens (primary N) is 1. The zero-order valence-electron chi connectivity index (χ0n) is 11.8. The lowest BCUT2D eigenvalue weighted by Crippen LogP contribution is -2.54. The van der Waals surface area contributed by atoms with E-state index < -0.39 is 0 Å². The van der Waals surface area contributed by atoms with Crippen LogP contribution >= 0.6 is 0 Å². The first kappa shape index (κ1) is 13.4. The Kier molecular flexibility index (Phi) is 4.48. The maximum Gasteiger partial charge on any atom is 0.0334 e. The summed E-state index contributed by atoms with van der Waals surface area (Å²) in [4.78, 5) is 2.68. The molecule has 2 unspecified atom stereocenters. The van der Waals surface area contributed by atoms with Crippen LogP contribution < -0.4 is 5.73 Å². The number of hydrogen-bond acceptors (Lipinski definition) is 2. The maximum atomic E-state index is 6.15. The zero-order chi connectivity index (χ0) is 12.3. The molecule has 2 aliphatic carbocycles. The van der Waals surface area contributed by atoms with Gasteiger partial charge in [0.15, 0.2) is 0 Å². The molecule has 17 heavy (non-hydrogen) atoms. The van der Waals surface area contributed by atoms with Crippen molar-refractivity contribution >= 4 is 0 Å². The van der Waals surface area contributed by atoms with Crippen LogP contribution in [0.1, 0.15) is 64.7 Å². The number of rotatable bonds is 4. The molecular formula is C15H30N2. The van der Waals surface area contributed by atoms with Gasteiger partial charge in [0.2, 0.25) is 0 Å². The molecule has 0 aliphatic heterocycles. The van der Waals surface area contributed by atoms with Crippen LogP contribution in [0.25, 0.3) is 0 Å². The first-order valence-corrected chi connectivity index (χ1v) is 7.65. The predicted octanol–water partition coefficient (Wildman–Crippen LogP) is 3.16. The second kappa shape index (κ2) is 5.71. The molecule has 2 aliphatic rings. The summed E-state index contributed by atoms with van der Waals surface area (Å²) in [6, 6.07) is 0.808. The van der Waals surface area contributed by atoms with Crippen molar-refractivity contribution in [2.75, 3.05) is 13.6 Å². The Bertz CT molecular complexity index is 235. The lowest BCUT2D eigenvalue weighted by atomic mass is 9.87. The van der Waals surface area contributed by atoms with Crippen LogP contribution in [0.3, 0.4) is 0 Å². The lowest BCUT2D eigenvalue weighted by molar-refractivity contribution is 0.0585. The van der Waals surface area contributed by atoms with Crippen molar-refractivity contribution in [2.45, 2.75) is 76.3 Å². The van der Waals surface area contributed by atoms with Crippen LogP contribution in [0.15, 0.2) is 0 Å². The molecule has 0 aromatic rings. The van der Waals surface area contributed by atoms with Gasteiger partial charge in [-0.3, -0.25) is 4.90 Å². The summed E-state index contributed by atoms with van der Waals surface area (Å²) in [6.07, 6.45) is 12.5. The molecule has 0 radical (unpaired) electrons. The molecule has 0 saturated heterocycles. The molecule has 2 atom stereocenters. The van der Waals surface area contributed by atoms with E-state index in [1.54, 1.807) is 0 Å². The van der Waals surface area contributed by atoms with Crippen LogP contribution in [0.5, 0.6) is 0 Å². The Morgan fingerprint density at radius 1 is 1.18 bits per heavy atom. The quantitative estimate of drug-likeness (QED) is 0.815. The average molecular weight is 238 g/mol. The van der Waals surface area contributed by atoms with Gasteiger partial charge in [0.05, 0.1) is 0 Å². The van der Waals surface area contributed by atoms with Gasteiger partial charge in [-0.2, -0.15) is 0 Å². The van der Waals surface area contributed by atoms with Crippen molar-refractivity contribution in [2.24, 2.45) is 11.7 Å². The normalized spacial score (nSPS) is 35.6. The molecule has 2 saturated carbocycles. The predicted molar refractivity (Wildman–Crippen MR) is 74.1 cm³/mol. The van der Waals surface area contributed by atoms with Gasteiger partial charge in [-0.15, -0.1) is 0 Å². The number of hydrogen-bond donors (Lipinski definition) is 1. The fourth-order valence-corrected chi connectivity index (χ4v) is 4.07. The highest BCUT2D eigenvalue weighted by molar-refractivity contribution is 4.99. The SMILES string of the molecule is CCC1CCC(CN)(N(C)C2CCCCC2)C1. The highest BCUT2D eigenvalue weighted by atomic mass is 15.2. The summed E-state index contributed by atoms with van der Waals surface area (Å²) in [5.41, 5.74) is 6.49. The van der Waals surface area contributed by atoms with Crippen molar-refractivity contribution in [1.82, 2.24) is 4.90 Å². The van der Waals surface area contributed by atoms with Crippen LogP contribution in [-0.2, 0) is 0 Å². The molecule has 2 N–H and O–H groups in total. The number of nitrogens with zero attached hydrogens (tertiary/aromatic N) is 1. The Hall–Kier alpha value is -0.0800. The van der Waals surface area contributed by atoms with Gasteiger partial charge in [0.25, 0.3) is 0 Å². The molecule has 0 aromatic carbocycles. The highest BCUT2D eigenvalue weighted by Gasteiger charge is 2.42. The number of likely N-dealkylation sites (N-methyl/N-ethyl adjacent to an activating group) is 1. The van der Waals surface area contributed by atoms with Gasteiger partial charge in [-0.1, -0.05) is 32.6 Å². The highest BCUT2D eigenvalue weighted by Crippen LogP contribution is 2.41. The maximum absolute atomic E-state index is 6.15. The van der Waals surface area contributed by atoms with Gasteiger partial charge in [0, 0.05) is 18.1 Å². The van der Waals surface area contributed by atoms with Crippen molar-refractivity contribution in [3.05, 3.63) is 0 Å². The van der Waals surface area contributed by atoms with Gasteiger partial charge < -0.3 is 5.73 Å². The summed E-state index contributed by atoms with van der Waals surface area (Å²) < 4.78 is 0. The fraction of sp³-hybridized carbons (Fsp3) is 1.00. The van der Waals surface area contributed by atoms with E-state index in [4.69, 9.17) is 5.73 Å². The minimum Gasteiger partial charge on any atom is -0.329 e. The third-order valence-electron chi connectivity index (χ3n) is 5.51. The third-order valence-corrected chi connectivity index (χ3v) is 5.51. The Labute approximate surface area is 107 Å². The standard InChI is InChI=1S/C15H30N2/c1-3-13-9-10-15(11-13,12-16)17(2)14-7-5-4-6-8-14/h13-14H,3-12,16H2,1-2H3. The molecule has 100 valence electrons. The summed E-state index contributed by atoms with van der Waals surface area (Å²) >= 11 is 0. The van der Waals surface area contributed by atoms with Crippen LogP contribution in [0.2, 0.25) is 0 Å². The third kappa shape index (κ3) is 2.68. The monoisotopic (exact) mass is 238 g/mol. The molecule has 0 heterocycles. The molecular weight excluding hydrogens is 208 g/mol. The van der Waals surface area contributed by atoms with E-state index in [1.165, 1.54) is 57.8 Å². The van der Waals surface area contributed by atoms with E-state index in [9.17, 15) is 0 Å². The first-order chi connectivity index (χ1) is 8.22. The Morgan fingerprint density at radius 2 is 1.88 bits per heavy atom. The topological polar surface area (TPSA) is 29.3 Å². The Balaban J connectivity index is 2.01. The molecule has 2 fully saturated rings. The molecule has 0 aromatic heterocycles. The zero-order valence-corrected chi connectivity index (χ0v) is 11.8. The van der Waals surface area contributed by atoms with Gasteiger partial charge in [-0.05, 0) is 45.1 Å². The second-order valence-corrected chi connectivity index (χ2v) is 6.35. The van der Waals surface area contributed by atoms with E-state index >= 15 is 0 Å². The lowest BCUT2D eigenvalue weighted by Gasteiger charge is -2.44. The molecule has 0 amide bonds. The van der Waals surface area contributed by atoms with E-state index in [0.29, 0.717) is 5.54 Å². The summed E-state index contributed by atoms with van der Waals surface area (Å²) in [6.45, 7) is 3.19. The summed E-state index contributed by atoms with van der Waals surface area (Å²) in [5, 5.41) is 0. The van der Waals surface area contributed by atoms with E-state index in [0.717, 1.165) is 18.5 Å². The molecule has 0 spiro atoms. The van der Waals surface area contributed by atoms with Crippen molar-refractivity contribution in [1.29, 1.82) is 0 Å². The van der Waals surface area contributed by atoms with Crippen molar-refractivity contribution in [3.63, 3.8) is 0 Å². The van der Waals surface area contributed by atoms with Gasteiger partial charge >= 0.3 is 0 Å². The second-order valence-electron chi connectivity index (χ2n) is 6.35. The molecule has 2 nitrogen and oxygen atoms in total. The molecule has 2 rings (SSSR count). The van der Waals surface area contributed by atoms with Crippen molar-refractivity contribution < 1.29 is 0 Å². The Morgan fingerprint density at radius 3 is 2.41 bits per heavy atom. The van der Waals surface area contributed by atoms with E-state index in [1.807, 2.05) is 0 Å². The first-order valence-electron chi connectivity index (χ1n) is 7.65. The minimum absolute atomic E-state index is 0.336. The van der Waals surface area contributed by atoms with Gasteiger partial charge in [-0.25, -0.2) is 0 Å². The summed E-state index contributed by atoms with van der Waals surface area (Å²) in [7, 11) is 2.35. The van der Waals surface area contributed by atoms with Gasteiger partial charge in [0.1, 0.15) is 0 Å². The average Bonchev–Trinajstić information content (AvgIpc) is 2.84. The molecule has 2 heteroatoms. The summed E-state index contributed by atoms with van der Waals surface area (Å²) in [5.74, 6) is 0.921. The van der Waals surface area contributed by atoms with E-state index in [-0.39, 0.29) is 0 Å². The van der Waals surface area contributed by atoms with Crippen LogP contribution in [0, 0.1) is 5.92 Å². The fourth-order valence-electron chi connectivity index (χ4n) is 4.07. The molecule has 0 bridgehead atoms. The smallest absolute Gasteiger partial charge is 0.0334 e.